The molecule has 0 atom stereocenters. The van der Waals surface area contributed by atoms with E-state index in [-0.39, 0.29) is 5.56 Å². The highest BCUT2D eigenvalue weighted by atomic mass is 35.5. The molecule has 1 aromatic heterocycles. The number of benzene rings is 1. The van der Waals surface area contributed by atoms with E-state index in [9.17, 15) is 10.0 Å². The van der Waals surface area contributed by atoms with Crippen LogP contribution in [-0.4, -0.2) is 15.4 Å². The molecule has 0 saturated carbocycles. The number of fused-ring (bicyclic) bond motifs is 1. The number of halogens is 1. The quantitative estimate of drug-likeness (QED) is 0.829. The zero-order valence-corrected chi connectivity index (χ0v) is 13.8. The Morgan fingerprint density at radius 3 is 2.65 bits per heavy atom. The lowest BCUT2D eigenvalue weighted by molar-refractivity contribution is 0.0898. The Labute approximate surface area is 138 Å². The van der Waals surface area contributed by atoms with Crippen LogP contribution in [0.25, 0.3) is 5.70 Å². The van der Waals surface area contributed by atoms with Crippen molar-refractivity contribution in [2.45, 2.75) is 26.4 Å². The molecule has 0 bridgehead atoms. The molecule has 0 spiro atoms. The second-order valence-corrected chi connectivity index (χ2v) is 6.31. The fourth-order valence-electron chi connectivity index (χ4n) is 2.82. The Morgan fingerprint density at radius 2 is 2.00 bits per heavy atom. The van der Waals surface area contributed by atoms with Crippen molar-refractivity contribution >= 4 is 17.3 Å². The molecule has 2 aromatic rings. The van der Waals surface area contributed by atoms with Crippen LogP contribution < -0.4 is 15.8 Å². The molecule has 120 valence electrons. The summed E-state index contributed by atoms with van der Waals surface area (Å²) in [5.74, 6) is 0.613. The predicted molar refractivity (Wildman–Crippen MR) is 88.8 cm³/mol. The number of hydrogen-bond acceptors (Lipinski definition) is 4. The molecule has 23 heavy (non-hydrogen) atoms. The van der Waals surface area contributed by atoms with Gasteiger partial charge in [-0.2, -0.15) is 0 Å². The summed E-state index contributed by atoms with van der Waals surface area (Å²) >= 11 is 6.25. The number of nitrogens with zero attached hydrogens (tertiary/aromatic N) is 1. The second kappa shape index (κ2) is 5.44. The minimum Gasteiger partial charge on any atom is -0.481 e. The van der Waals surface area contributed by atoms with Crippen molar-refractivity contribution in [3.8, 4) is 5.75 Å². The molecule has 1 aliphatic heterocycles. The average molecular weight is 333 g/mol. The maximum atomic E-state index is 12.3. The van der Waals surface area contributed by atoms with Crippen LogP contribution in [0.15, 0.2) is 47.0 Å². The third-order valence-corrected chi connectivity index (χ3v) is 4.39. The summed E-state index contributed by atoms with van der Waals surface area (Å²) in [6.07, 6.45) is 1.65. The molecule has 0 fully saturated rings. The number of hydrogen-bond donors (Lipinski definition) is 2. The minimum absolute atomic E-state index is 0.210. The lowest BCUT2D eigenvalue weighted by atomic mass is 9.92. The maximum absolute atomic E-state index is 12.3. The van der Waals surface area contributed by atoms with Crippen LogP contribution in [0, 0.1) is 6.92 Å². The maximum Gasteiger partial charge on any atom is 0.255 e. The van der Waals surface area contributed by atoms with E-state index in [1.807, 2.05) is 20.8 Å². The van der Waals surface area contributed by atoms with Gasteiger partial charge in [0.05, 0.1) is 5.70 Å². The molecule has 2 heterocycles. The van der Waals surface area contributed by atoms with Crippen LogP contribution in [-0.2, 0) is 0 Å². The summed E-state index contributed by atoms with van der Waals surface area (Å²) in [5.41, 5.74) is 3.54. The lowest BCUT2D eigenvalue weighted by Gasteiger charge is -2.37. The summed E-state index contributed by atoms with van der Waals surface area (Å²) < 4.78 is 7.47. The van der Waals surface area contributed by atoms with E-state index in [0.29, 0.717) is 27.7 Å². The normalized spacial score (nSPS) is 15.9. The van der Waals surface area contributed by atoms with Crippen molar-refractivity contribution in [3.63, 3.8) is 0 Å². The second-order valence-electron chi connectivity index (χ2n) is 5.90. The van der Waals surface area contributed by atoms with Gasteiger partial charge in [0.15, 0.2) is 0 Å². The van der Waals surface area contributed by atoms with E-state index < -0.39 is 5.60 Å². The zero-order valence-electron chi connectivity index (χ0n) is 13.1. The van der Waals surface area contributed by atoms with Crippen molar-refractivity contribution in [1.82, 2.24) is 10.0 Å². The molecular formula is C17H17ClN2O3. The SMILES string of the molecule is Cc1c(Cl)ccc2c1C(n1ccccc1=O)=C(NO)C(C)(C)O2. The Balaban J connectivity index is 2.45. The smallest absolute Gasteiger partial charge is 0.255 e. The number of hydroxylamine groups is 1. The molecule has 0 aliphatic carbocycles. The van der Waals surface area contributed by atoms with Gasteiger partial charge < -0.3 is 4.74 Å². The highest BCUT2D eigenvalue weighted by molar-refractivity contribution is 6.31. The number of aromatic nitrogens is 1. The van der Waals surface area contributed by atoms with Gasteiger partial charge in [-0.1, -0.05) is 17.7 Å². The first-order valence-electron chi connectivity index (χ1n) is 7.18. The topological polar surface area (TPSA) is 63.5 Å². The first kappa shape index (κ1) is 15.6. The Bertz CT molecular complexity index is 868. The van der Waals surface area contributed by atoms with Crippen molar-refractivity contribution in [2.75, 3.05) is 0 Å². The summed E-state index contributed by atoms with van der Waals surface area (Å²) in [6.45, 7) is 5.48. The highest BCUT2D eigenvalue weighted by Gasteiger charge is 2.37. The average Bonchev–Trinajstić information content (AvgIpc) is 2.50. The fraction of sp³-hybridized carbons (Fsp3) is 0.235. The van der Waals surface area contributed by atoms with Gasteiger partial charge in [-0.3, -0.25) is 20.0 Å². The van der Waals surface area contributed by atoms with Crippen LogP contribution in [0.3, 0.4) is 0 Å². The molecular weight excluding hydrogens is 316 g/mol. The molecule has 2 N–H and O–H groups in total. The van der Waals surface area contributed by atoms with E-state index >= 15 is 0 Å². The molecule has 0 unspecified atom stereocenters. The van der Waals surface area contributed by atoms with E-state index in [1.54, 1.807) is 30.5 Å². The number of rotatable bonds is 2. The van der Waals surface area contributed by atoms with Gasteiger partial charge in [-0.05, 0) is 44.5 Å². The predicted octanol–water partition coefficient (Wildman–Crippen LogP) is 3.18. The van der Waals surface area contributed by atoms with Crippen LogP contribution in [0.4, 0.5) is 0 Å². The minimum atomic E-state index is -0.841. The summed E-state index contributed by atoms with van der Waals surface area (Å²) in [6, 6.07) is 8.42. The van der Waals surface area contributed by atoms with Gasteiger partial charge >= 0.3 is 0 Å². The molecule has 6 heteroatoms. The van der Waals surface area contributed by atoms with Crippen LogP contribution in [0.2, 0.25) is 5.02 Å². The van der Waals surface area contributed by atoms with Crippen molar-refractivity contribution in [3.05, 3.63) is 68.7 Å². The van der Waals surface area contributed by atoms with Crippen molar-refractivity contribution in [1.29, 1.82) is 0 Å². The Morgan fingerprint density at radius 1 is 1.26 bits per heavy atom. The molecule has 0 saturated heterocycles. The third kappa shape index (κ3) is 2.42. The number of nitrogens with one attached hydrogen (secondary N) is 1. The first-order chi connectivity index (χ1) is 10.9. The molecule has 1 aliphatic rings. The molecule has 0 amide bonds. The standard InChI is InChI=1S/C17H17ClN2O3/c1-10-11(18)7-8-12-14(10)15(16(19-22)17(2,3)23-12)20-9-5-4-6-13(20)21/h4-9,19,22H,1-3H3. The summed E-state index contributed by atoms with van der Waals surface area (Å²) in [4.78, 5) is 12.3. The van der Waals surface area contributed by atoms with E-state index in [2.05, 4.69) is 5.48 Å². The van der Waals surface area contributed by atoms with E-state index in [4.69, 9.17) is 16.3 Å². The Hall–Kier alpha value is -2.24. The van der Waals surface area contributed by atoms with Gasteiger partial charge in [-0.15, -0.1) is 0 Å². The first-order valence-corrected chi connectivity index (χ1v) is 7.56. The van der Waals surface area contributed by atoms with Gasteiger partial charge in [0.2, 0.25) is 0 Å². The summed E-state index contributed by atoms with van der Waals surface area (Å²) in [5, 5.41) is 10.3. The fourth-order valence-corrected chi connectivity index (χ4v) is 2.97. The third-order valence-electron chi connectivity index (χ3n) is 3.98. The van der Waals surface area contributed by atoms with Gasteiger partial charge in [0.1, 0.15) is 17.0 Å². The monoisotopic (exact) mass is 332 g/mol. The van der Waals surface area contributed by atoms with Gasteiger partial charge in [-0.25, -0.2) is 0 Å². The van der Waals surface area contributed by atoms with Crippen LogP contribution in [0.5, 0.6) is 5.75 Å². The van der Waals surface area contributed by atoms with E-state index in [0.717, 1.165) is 5.56 Å². The van der Waals surface area contributed by atoms with Crippen molar-refractivity contribution in [2.24, 2.45) is 0 Å². The number of ether oxygens (including phenoxy) is 1. The van der Waals surface area contributed by atoms with Gasteiger partial charge in [0.25, 0.3) is 5.56 Å². The number of pyridine rings is 1. The highest BCUT2D eigenvalue weighted by Crippen LogP contribution is 2.43. The van der Waals surface area contributed by atoms with Crippen LogP contribution >= 0.6 is 11.6 Å². The Kier molecular flexibility index (Phi) is 3.70. The van der Waals surface area contributed by atoms with Gasteiger partial charge in [0, 0.05) is 22.8 Å². The molecule has 5 nitrogen and oxygen atoms in total. The largest absolute Gasteiger partial charge is 0.481 e. The molecule has 3 rings (SSSR count). The zero-order chi connectivity index (χ0) is 16.8. The summed E-state index contributed by atoms with van der Waals surface area (Å²) in [7, 11) is 0. The molecule has 1 aromatic carbocycles. The van der Waals surface area contributed by atoms with Crippen LogP contribution in [0.1, 0.15) is 25.0 Å². The lowest BCUT2D eigenvalue weighted by Crippen LogP contribution is -2.42. The molecule has 0 radical (unpaired) electrons. The van der Waals surface area contributed by atoms with E-state index in [1.165, 1.54) is 10.6 Å². The van der Waals surface area contributed by atoms with Crippen molar-refractivity contribution < 1.29 is 9.94 Å².